The largest absolute Gasteiger partial charge is 0.356 e. The summed E-state index contributed by atoms with van der Waals surface area (Å²) in [5.41, 5.74) is 0.573. The normalized spacial score (nSPS) is 25.2. The van der Waals surface area contributed by atoms with Crippen molar-refractivity contribution in [1.82, 2.24) is 10.2 Å². The maximum Gasteiger partial charge on any atom is 0.228 e. The molecule has 2 aliphatic rings. The summed E-state index contributed by atoms with van der Waals surface area (Å²) < 4.78 is 0. The lowest BCUT2D eigenvalue weighted by Gasteiger charge is -2.32. The van der Waals surface area contributed by atoms with Crippen molar-refractivity contribution in [2.45, 2.75) is 25.7 Å². The number of nitrogens with zero attached hydrogens (tertiary/aromatic N) is 1. The molecular weight excluding hydrogens is 288 g/mol. The third-order valence-corrected chi connectivity index (χ3v) is 4.79. The number of piperidine rings is 1. The Balaban J connectivity index is 1.65. The quantitative estimate of drug-likeness (QED) is 0.908. The number of carbonyl (C=O) groups is 2. The van der Waals surface area contributed by atoms with Crippen molar-refractivity contribution >= 4 is 23.4 Å². The number of hydrogen-bond donors (Lipinski definition) is 1. The number of rotatable bonds is 2. The maximum absolute atomic E-state index is 12.4. The average molecular weight is 307 g/mol. The second-order valence-corrected chi connectivity index (χ2v) is 6.45. The van der Waals surface area contributed by atoms with Crippen LogP contribution in [0, 0.1) is 5.41 Å². The first-order valence-electron chi connectivity index (χ1n) is 7.40. The first-order valence-corrected chi connectivity index (χ1v) is 7.77. The summed E-state index contributed by atoms with van der Waals surface area (Å²) in [5.74, 6) is 0.194. The summed E-state index contributed by atoms with van der Waals surface area (Å²) in [4.78, 5) is 26.4. The van der Waals surface area contributed by atoms with Crippen LogP contribution in [0.15, 0.2) is 24.3 Å². The number of likely N-dealkylation sites (tertiary alicyclic amines) is 1. The zero-order chi connectivity index (χ0) is 14.9. The van der Waals surface area contributed by atoms with Crippen molar-refractivity contribution in [3.05, 3.63) is 34.9 Å². The van der Waals surface area contributed by atoms with Crippen LogP contribution in [0.1, 0.15) is 24.8 Å². The van der Waals surface area contributed by atoms with E-state index in [-0.39, 0.29) is 17.2 Å². The fraction of sp³-hybridized carbons (Fsp3) is 0.500. The SMILES string of the molecule is O=C(Cc1cccc(Cl)c1)N1CC[C@]2(CCCNC2=O)C1. The van der Waals surface area contributed by atoms with Crippen LogP contribution in [0.3, 0.4) is 0 Å². The van der Waals surface area contributed by atoms with E-state index in [0.29, 0.717) is 24.5 Å². The van der Waals surface area contributed by atoms with Gasteiger partial charge < -0.3 is 10.2 Å². The molecule has 0 bridgehead atoms. The van der Waals surface area contributed by atoms with Crippen molar-refractivity contribution < 1.29 is 9.59 Å². The van der Waals surface area contributed by atoms with Crippen molar-refractivity contribution in [2.24, 2.45) is 5.41 Å². The number of hydrogen-bond acceptors (Lipinski definition) is 2. The molecule has 1 aromatic rings. The van der Waals surface area contributed by atoms with Gasteiger partial charge in [0.2, 0.25) is 11.8 Å². The monoisotopic (exact) mass is 306 g/mol. The van der Waals surface area contributed by atoms with E-state index in [1.165, 1.54) is 0 Å². The van der Waals surface area contributed by atoms with E-state index in [2.05, 4.69) is 5.32 Å². The summed E-state index contributed by atoms with van der Waals surface area (Å²) in [7, 11) is 0. The van der Waals surface area contributed by atoms with E-state index in [1.54, 1.807) is 6.07 Å². The number of nitrogens with one attached hydrogen (secondary N) is 1. The predicted octanol–water partition coefficient (Wildman–Crippen LogP) is 2.01. The van der Waals surface area contributed by atoms with Gasteiger partial charge in [-0.2, -0.15) is 0 Å². The second kappa shape index (κ2) is 5.68. The fourth-order valence-corrected chi connectivity index (χ4v) is 3.55. The molecule has 1 spiro atoms. The van der Waals surface area contributed by atoms with Crippen LogP contribution in [0.5, 0.6) is 0 Å². The van der Waals surface area contributed by atoms with E-state index < -0.39 is 0 Å². The first kappa shape index (κ1) is 14.4. The van der Waals surface area contributed by atoms with Gasteiger partial charge in [0.1, 0.15) is 0 Å². The van der Waals surface area contributed by atoms with Crippen LogP contribution < -0.4 is 5.32 Å². The molecule has 0 saturated carbocycles. The highest BCUT2D eigenvalue weighted by Gasteiger charge is 2.46. The standard InChI is InChI=1S/C16H19ClN2O2/c17-13-4-1-3-12(9-13)10-14(20)19-8-6-16(11-19)5-2-7-18-15(16)21/h1,3-4,9H,2,5-8,10-11H2,(H,18,21)/t16-/m1/s1. The molecule has 3 rings (SSSR count). The Labute approximate surface area is 129 Å². The average Bonchev–Trinajstić information content (AvgIpc) is 2.88. The minimum absolute atomic E-state index is 0.0764. The highest BCUT2D eigenvalue weighted by molar-refractivity contribution is 6.30. The summed E-state index contributed by atoms with van der Waals surface area (Å²) in [5, 5.41) is 3.58. The van der Waals surface area contributed by atoms with Gasteiger partial charge in [-0.05, 0) is 37.0 Å². The molecular formula is C16H19ClN2O2. The van der Waals surface area contributed by atoms with Crippen LogP contribution >= 0.6 is 11.6 Å². The van der Waals surface area contributed by atoms with Gasteiger partial charge in [-0.25, -0.2) is 0 Å². The van der Waals surface area contributed by atoms with Crippen molar-refractivity contribution in [3.8, 4) is 0 Å². The Bertz CT molecular complexity index is 575. The minimum atomic E-state index is -0.345. The third-order valence-electron chi connectivity index (χ3n) is 4.55. The number of carbonyl (C=O) groups excluding carboxylic acids is 2. The molecule has 0 radical (unpaired) electrons. The van der Waals surface area contributed by atoms with E-state index in [4.69, 9.17) is 11.6 Å². The molecule has 2 heterocycles. The molecule has 0 aliphatic carbocycles. The van der Waals surface area contributed by atoms with Gasteiger partial charge in [-0.15, -0.1) is 0 Å². The lowest BCUT2D eigenvalue weighted by molar-refractivity contribution is -0.134. The Morgan fingerprint density at radius 3 is 3.00 bits per heavy atom. The molecule has 21 heavy (non-hydrogen) atoms. The predicted molar refractivity (Wildman–Crippen MR) is 81.0 cm³/mol. The minimum Gasteiger partial charge on any atom is -0.356 e. The van der Waals surface area contributed by atoms with E-state index in [0.717, 1.165) is 31.4 Å². The molecule has 2 saturated heterocycles. The van der Waals surface area contributed by atoms with Gasteiger partial charge >= 0.3 is 0 Å². The van der Waals surface area contributed by atoms with E-state index in [1.807, 2.05) is 23.1 Å². The first-order chi connectivity index (χ1) is 10.1. The van der Waals surface area contributed by atoms with Crippen molar-refractivity contribution in [1.29, 1.82) is 0 Å². The number of benzene rings is 1. The molecule has 5 heteroatoms. The maximum atomic E-state index is 12.4. The third kappa shape index (κ3) is 2.91. The molecule has 4 nitrogen and oxygen atoms in total. The molecule has 0 unspecified atom stereocenters. The van der Waals surface area contributed by atoms with Crippen molar-refractivity contribution in [2.75, 3.05) is 19.6 Å². The molecule has 1 N–H and O–H groups in total. The highest BCUT2D eigenvalue weighted by Crippen LogP contribution is 2.37. The summed E-state index contributed by atoms with van der Waals surface area (Å²) in [6.45, 7) is 1.99. The smallest absolute Gasteiger partial charge is 0.228 e. The lowest BCUT2D eigenvalue weighted by Crippen LogP contribution is -2.48. The Kier molecular flexibility index (Phi) is 3.89. The Hall–Kier alpha value is -1.55. The number of halogens is 1. The van der Waals surface area contributed by atoms with Crippen LogP contribution in [0.2, 0.25) is 5.02 Å². The Morgan fingerprint density at radius 1 is 1.38 bits per heavy atom. The molecule has 2 aliphatic heterocycles. The fourth-order valence-electron chi connectivity index (χ4n) is 3.34. The molecule has 0 aromatic heterocycles. The highest BCUT2D eigenvalue weighted by atomic mass is 35.5. The zero-order valence-corrected chi connectivity index (χ0v) is 12.7. The zero-order valence-electron chi connectivity index (χ0n) is 11.9. The number of amides is 2. The van der Waals surface area contributed by atoms with Gasteiger partial charge in [0.25, 0.3) is 0 Å². The van der Waals surface area contributed by atoms with Crippen LogP contribution in [0.4, 0.5) is 0 Å². The topological polar surface area (TPSA) is 49.4 Å². The van der Waals surface area contributed by atoms with Gasteiger partial charge in [-0.3, -0.25) is 9.59 Å². The van der Waals surface area contributed by atoms with Crippen LogP contribution in [-0.2, 0) is 16.0 Å². The van der Waals surface area contributed by atoms with Crippen LogP contribution in [-0.4, -0.2) is 36.3 Å². The Morgan fingerprint density at radius 2 is 2.24 bits per heavy atom. The molecule has 112 valence electrons. The van der Waals surface area contributed by atoms with Gasteiger partial charge in [0.15, 0.2) is 0 Å². The van der Waals surface area contributed by atoms with Crippen molar-refractivity contribution in [3.63, 3.8) is 0 Å². The van der Waals surface area contributed by atoms with Gasteiger partial charge in [0, 0.05) is 24.7 Å². The van der Waals surface area contributed by atoms with E-state index in [9.17, 15) is 9.59 Å². The summed E-state index contributed by atoms with van der Waals surface area (Å²) >= 11 is 5.95. The molecule has 2 amide bonds. The molecule has 1 aromatic carbocycles. The molecule has 1 atom stereocenters. The van der Waals surface area contributed by atoms with Gasteiger partial charge in [0.05, 0.1) is 11.8 Å². The second-order valence-electron chi connectivity index (χ2n) is 6.01. The van der Waals surface area contributed by atoms with E-state index >= 15 is 0 Å². The molecule has 2 fully saturated rings. The van der Waals surface area contributed by atoms with Gasteiger partial charge in [-0.1, -0.05) is 23.7 Å². The van der Waals surface area contributed by atoms with Crippen LogP contribution in [0.25, 0.3) is 0 Å². The lowest BCUT2D eigenvalue weighted by atomic mass is 9.79. The summed E-state index contributed by atoms with van der Waals surface area (Å²) in [6.07, 6.45) is 3.01. The summed E-state index contributed by atoms with van der Waals surface area (Å²) in [6, 6.07) is 7.37.